The van der Waals surface area contributed by atoms with Gasteiger partial charge in [0.15, 0.2) is 0 Å². The van der Waals surface area contributed by atoms with Crippen molar-refractivity contribution in [3.8, 4) is 0 Å². The topological polar surface area (TPSA) is 85.4 Å². The monoisotopic (exact) mass is 430 g/mol. The second-order valence-corrected chi connectivity index (χ2v) is 11.1. The van der Waals surface area contributed by atoms with E-state index in [0.29, 0.717) is 32.1 Å². The second kappa shape index (κ2) is 7.32. The molecular formula is C21H30N6O2S. The van der Waals surface area contributed by atoms with E-state index in [-0.39, 0.29) is 5.54 Å². The lowest BCUT2D eigenvalue weighted by Crippen LogP contribution is -2.60. The fraction of sp³-hybridized carbons (Fsp3) is 0.619. The highest BCUT2D eigenvalue weighted by Gasteiger charge is 2.56. The highest BCUT2D eigenvalue weighted by Crippen LogP contribution is 2.47. The summed E-state index contributed by atoms with van der Waals surface area (Å²) in [5, 5.41) is 0.987. The van der Waals surface area contributed by atoms with Gasteiger partial charge in [-0.2, -0.15) is 17.0 Å². The average molecular weight is 431 g/mol. The molecule has 3 aliphatic rings. The van der Waals surface area contributed by atoms with Crippen molar-refractivity contribution in [2.75, 3.05) is 38.1 Å². The summed E-state index contributed by atoms with van der Waals surface area (Å²) in [7, 11) is -1.73. The van der Waals surface area contributed by atoms with E-state index < -0.39 is 10.2 Å². The number of anilines is 1. The van der Waals surface area contributed by atoms with Crippen molar-refractivity contribution in [3.63, 3.8) is 0 Å². The molecule has 5 rings (SSSR count). The number of rotatable bonds is 5. The normalized spacial score (nSPS) is 23.0. The van der Waals surface area contributed by atoms with Gasteiger partial charge in [-0.25, -0.2) is 9.97 Å². The maximum Gasteiger partial charge on any atom is 0.282 e. The molecule has 30 heavy (non-hydrogen) atoms. The molecule has 1 saturated heterocycles. The van der Waals surface area contributed by atoms with Crippen molar-refractivity contribution in [3.05, 3.63) is 30.7 Å². The van der Waals surface area contributed by atoms with Crippen LogP contribution < -0.4 is 4.90 Å². The van der Waals surface area contributed by atoms with Gasteiger partial charge < -0.3 is 9.88 Å². The number of nitrogens with one attached hydrogen (secondary N) is 1. The summed E-state index contributed by atoms with van der Waals surface area (Å²) >= 11 is 0. The molecule has 1 aliphatic heterocycles. The van der Waals surface area contributed by atoms with E-state index in [1.165, 1.54) is 5.57 Å². The minimum atomic E-state index is -3.48. The lowest BCUT2D eigenvalue weighted by molar-refractivity contribution is 0.240. The Morgan fingerprint density at radius 3 is 2.77 bits per heavy atom. The average Bonchev–Trinajstić information content (AvgIpc) is 3.30. The molecule has 162 valence electrons. The van der Waals surface area contributed by atoms with Gasteiger partial charge in [-0.15, -0.1) is 0 Å². The highest BCUT2D eigenvalue weighted by atomic mass is 32.2. The molecule has 0 amide bonds. The fourth-order valence-corrected chi connectivity index (χ4v) is 6.84. The van der Waals surface area contributed by atoms with Crippen LogP contribution in [0.1, 0.15) is 38.5 Å². The van der Waals surface area contributed by atoms with Gasteiger partial charge in [0.2, 0.25) is 0 Å². The van der Waals surface area contributed by atoms with E-state index >= 15 is 0 Å². The van der Waals surface area contributed by atoms with Gasteiger partial charge in [-0.1, -0.05) is 12.2 Å². The van der Waals surface area contributed by atoms with E-state index in [0.717, 1.165) is 55.4 Å². The van der Waals surface area contributed by atoms with Crippen molar-refractivity contribution in [2.45, 2.75) is 44.1 Å². The Morgan fingerprint density at radius 1 is 1.27 bits per heavy atom. The lowest BCUT2D eigenvalue weighted by atomic mass is 9.87. The van der Waals surface area contributed by atoms with Gasteiger partial charge in [0.1, 0.15) is 17.8 Å². The van der Waals surface area contributed by atoms with E-state index in [9.17, 15) is 8.42 Å². The quantitative estimate of drug-likeness (QED) is 0.737. The zero-order chi connectivity index (χ0) is 20.9. The Bertz CT molecular complexity index is 1050. The maximum absolute atomic E-state index is 13.5. The molecule has 1 spiro atoms. The Labute approximate surface area is 178 Å². The number of H-pyrrole nitrogens is 1. The number of piperazine rings is 1. The van der Waals surface area contributed by atoms with E-state index in [2.05, 4.69) is 26.4 Å². The van der Waals surface area contributed by atoms with Gasteiger partial charge >= 0.3 is 0 Å². The fourth-order valence-electron chi connectivity index (χ4n) is 5.06. The third kappa shape index (κ3) is 3.42. The summed E-state index contributed by atoms with van der Waals surface area (Å²) in [5.41, 5.74) is 1.81. The second-order valence-electron chi connectivity index (χ2n) is 9.14. The first-order chi connectivity index (χ1) is 14.4. The number of fused-ring (bicyclic) bond motifs is 1. The summed E-state index contributed by atoms with van der Waals surface area (Å²) in [6.45, 7) is 6.47. The smallest absolute Gasteiger partial charge is 0.282 e. The molecule has 0 radical (unpaired) electrons. The molecule has 2 aromatic rings. The highest BCUT2D eigenvalue weighted by molar-refractivity contribution is 7.86. The van der Waals surface area contributed by atoms with Crippen LogP contribution in [0.2, 0.25) is 0 Å². The van der Waals surface area contributed by atoms with E-state index in [1.807, 2.05) is 12.3 Å². The Kier molecular flexibility index (Phi) is 4.87. The molecular weight excluding hydrogens is 400 g/mol. The van der Waals surface area contributed by atoms with Crippen LogP contribution in [0.25, 0.3) is 11.0 Å². The van der Waals surface area contributed by atoms with Crippen molar-refractivity contribution in [2.24, 2.45) is 5.92 Å². The SMILES string of the molecule is C=C1CCC(CN(C)S(=O)(=O)N2CCN(c3ncnc4[nH]ccc34)CC23CC3)CC1. The first-order valence-corrected chi connectivity index (χ1v) is 12.2. The molecule has 3 fully saturated rings. The molecule has 2 saturated carbocycles. The van der Waals surface area contributed by atoms with E-state index in [4.69, 9.17) is 0 Å². The molecule has 1 N–H and O–H groups in total. The van der Waals surface area contributed by atoms with Gasteiger partial charge in [0, 0.05) is 39.4 Å². The minimum Gasteiger partial charge on any atom is -0.353 e. The molecule has 0 aromatic carbocycles. The third-order valence-corrected chi connectivity index (χ3v) is 9.11. The van der Waals surface area contributed by atoms with Gasteiger partial charge in [-0.3, -0.25) is 0 Å². The van der Waals surface area contributed by atoms with Crippen LogP contribution in [0.4, 0.5) is 5.82 Å². The van der Waals surface area contributed by atoms with Crippen LogP contribution in [-0.2, 0) is 10.2 Å². The number of aromatic nitrogens is 3. The van der Waals surface area contributed by atoms with Gasteiger partial charge in [0.05, 0.1) is 10.9 Å². The number of hydrogen-bond acceptors (Lipinski definition) is 5. The summed E-state index contributed by atoms with van der Waals surface area (Å²) in [6, 6.07) is 1.99. The Hall–Kier alpha value is -1.97. The molecule has 2 aliphatic carbocycles. The summed E-state index contributed by atoms with van der Waals surface area (Å²) in [6.07, 6.45) is 9.37. The molecule has 8 nitrogen and oxygen atoms in total. The minimum absolute atomic E-state index is 0.306. The maximum atomic E-state index is 13.5. The number of hydrogen-bond donors (Lipinski definition) is 1. The number of allylic oxidation sites excluding steroid dienone is 1. The van der Waals surface area contributed by atoms with Crippen molar-refractivity contribution >= 4 is 27.1 Å². The number of nitrogens with zero attached hydrogens (tertiary/aromatic N) is 5. The molecule has 2 aromatic heterocycles. The van der Waals surface area contributed by atoms with Crippen LogP contribution in [0, 0.1) is 5.92 Å². The predicted octanol–water partition coefficient (Wildman–Crippen LogP) is 2.54. The van der Waals surface area contributed by atoms with Crippen LogP contribution in [0.15, 0.2) is 30.7 Å². The summed E-state index contributed by atoms with van der Waals surface area (Å²) < 4.78 is 30.3. The summed E-state index contributed by atoms with van der Waals surface area (Å²) in [4.78, 5) is 14.1. The Morgan fingerprint density at radius 2 is 2.03 bits per heavy atom. The standard InChI is InChI=1S/C21H30N6O2S/c1-16-3-5-17(6-4-16)13-25(2)30(28,29)27-12-11-26(14-21(27)8-9-21)20-18-7-10-22-19(18)23-15-24-20/h7,10,15,17H,1,3-6,8-9,11-14H2,2H3,(H,22,23,24). The third-order valence-electron chi connectivity index (χ3n) is 7.05. The molecule has 9 heteroatoms. The molecule has 0 atom stereocenters. The predicted molar refractivity (Wildman–Crippen MR) is 117 cm³/mol. The van der Waals surface area contributed by atoms with Crippen molar-refractivity contribution < 1.29 is 8.42 Å². The zero-order valence-electron chi connectivity index (χ0n) is 17.5. The lowest BCUT2D eigenvalue weighted by Gasteiger charge is -2.43. The van der Waals surface area contributed by atoms with Crippen molar-refractivity contribution in [1.82, 2.24) is 23.6 Å². The first-order valence-electron chi connectivity index (χ1n) is 10.8. The van der Waals surface area contributed by atoms with Crippen molar-refractivity contribution in [1.29, 1.82) is 0 Å². The van der Waals surface area contributed by atoms with Crippen LogP contribution in [0.5, 0.6) is 0 Å². The molecule has 0 unspecified atom stereocenters. The largest absolute Gasteiger partial charge is 0.353 e. The Balaban J connectivity index is 1.32. The van der Waals surface area contributed by atoms with Crippen LogP contribution in [-0.4, -0.2) is 70.7 Å². The molecule has 3 heterocycles. The summed E-state index contributed by atoms with van der Waals surface area (Å²) in [5.74, 6) is 1.31. The molecule has 0 bridgehead atoms. The zero-order valence-corrected chi connectivity index (χ0v) is 18.4. The van der Waals surface area contributed by atoms with Gasteiger partial charge in [-0.05, 0) is 50.5 Å². The van der Waals surface area contributed by atoms with Gasteiger partial charge in [0.25, 0.3) is 10.2 Å². The van der Waals surface area contributed by atoms with Crippen LogP contribution in [0.3, 0.4) is 0 Å². The van der Waals surface area contributed by atoms with E-state index in [1.54, 1.807) is 22.0 Å². The number of aromatic amines is 1. The van der Waals surface area contributed by atoms with Crippen LogP contribution >= 0.6 is 0 Å². The first kappa shape index (κ1) is 20.0.